The first kappa shape index (κ1) is 16.6. The molecule has 0 heterocycles. The lowest BCUT2D eigenvalue weighted by Gasteiger charge is -2.09. The van der Waals surface area contributed by atoms with E-state index < -0.39 is 21.7 Å². The van der Waals surface area contributed by atoms with Crippen LogP contribution >= 0.6 is 11.6 Å². The van der Waals surface area contributed by atoms with Crippen molar-refractivity contribution < 1.29 is 22.3 Å². The van der Waals surface area contributed by atoms with Crippen molar-refractivity contribution in [3.8, 4) is 0 Å². The van der Waals surface area contributed by atoms with Crippen molar-refractivity contribution in [1.82, 2.24) is 4.72 Å². The number of anilines is 1. The Labute approximate surface area is 120 Å². The number of nitrogens with one attached hydrogen (secondary N) is 1. The fourth-order valence-electron chi connectivity index (χ4n) is 1.25. The fraction of sp³-hybridized carbons (Fsp3) is 0.300. The highest BCUT2D eigenvalue weighted by Gasteiger charge is 2.19. The minimum absolute atomic E-state index is 0.0591. The SMILES string of the molecule is NC(=O)COCCNS(=O)(=O)c1cc(N)c(F)cc1Cl. The van der Waals surface area contributed by atoms with Gasteiger partial charge in [-0.2, -0.15) is 0 Å². The van der Waals surface area contributed by atoms with E-state index in [1.807, 2.05) is 0 Å². The third kappa shape index (κ3) is 4.60. The molecule has 112 valence electrons. The average molecular weight is 326 g/mol. The summed E-state index contributed by atoms with van der Waals surface area (Å²) in [5.41, 5.74) is 9.79. The van der Waals surface area contributed by atoms with Gasteiger partial charge in [0.1, 0.15) is 17.3 Å². The predicted molar refractivity (Wildman–Crippen MR) is 71.0 cm³/mol. The Morgan fingerprint density at radius 1 is 1.45 bits per heavy atom. The summed E-state index contributed by atoms with van der Waals surface area (Å²) in [6.45, 7) is -0.480. The van der Waals surface area contributed by atoms with Crippen molar-refractivity contribution in [2.45, 2.75) is 4.90 Å². The lowest BCUT2D eigenvalue weighted by Crippen LogP contribution is -2.29. The highest BCUT2D eigenvalue weighted by Crippen LogP contribution is 2.25. The summed E-state index contributed by atoms with van der Waals surface area (Å²) in [5.74, 6) is -1.47. The van der Waals surface area contributed by atoms with Crippen molar-refractivity contribution in [3.05, 3.63) is 23.0 Å². The zero-order valence-electron chi connectivity index (χ0n) is 10.2. The summed E-state index contributed by atoms with van der Waals surface area (Å²) in [5, 5.41) is -0.290. The number of ether oxygens (including phenoxy) is 1. The highest BCUT2D eigenvalue weighted by molar-refractivity contribution is 7.89. The molecule has 1 aromatic carbocycles. The molecule has 0 unspecified atom stereocenters. The van der Waals surface area contributed by atoms with Gasteiger partial charge in [-0.1, -0.05) is 11.6 Å². The van der Waals surface area contributed by atoms with Gasteiger partial charge in [0.15, 0.2) is 0 Å². The van der Waals surface area contributed by atoms with Crippen molar-refractivity contribution in [2.24, 2.45) is 5.73 Å². The van der Waals surface area contributed by atoms with Gasteiger partial charge in [-0.3, -0.25) is 4.79 Å². The zero-order valence-corrected chi connectivity index (χ0v) is 11.8. The van der Waals surface area contributed by atoms with Crippen LogP contribution in [0.15, 0.2) is 17.0 Å². The normalized spacial score (nSPS) is 11.5. The number of hydrogen-bond acceptors (Lipinski definition) is 5. The molecule has 5 N–H and O–H groups in total. The van der Waals surface area contributed by atoms with E-state index in [0.29, 0.717) is 0 Å². The number of carbonyl (C=O) groups is 1. The first-order valence-electron chi connectivity index (χ1n) is 5.34. The molecule has 0 aliphatic carbocycles. The summed E-state index contributed by atoms with van der Waals surface area (Å²) in [6.07, 6.45) is 0. The second-order valence-corrected chi connectivity index (χ2v) is 5.86. The van der Waals surface area contributed by atoms with Gasteiger partial charge in [-0.05, 0) is 12.1 Å². The van der Waals surface area contributed by atoms with Gasteiger partial charge in [0.2, 0.25) is 15.9 Å². The quantitative estimate of drug-likeness (QED) is 0.474. The summed E-state index contributed by atoms with van der Waals surface area (Å²) < 4.78 is 43.8. The van der Waals surface area contributed by atoms with Gasteiger partial charge in [-0.15, -0.1) is 0 Å². The molecule has 1 amide bonds. The largest absolute Gasteiger partial charge is 0.396 e. The Bertz CT molecular complexity index is 609. The van der Waals surface area contributed by atoms with E-state index in [1.54, 1.807) is 0 Å². The maximum Gasteiger partial charge on any atom is 0.243 e. The zero-order chi connectivity index (χ0) is 15.3. The van der Waals surface area contributed by atoms with E-state index in [0.717, 1.165) is 12.1 Å². The molecule has 0 bridgehead atoms. The molecule has 1 aromatic rings. The fourth-order valence-corrected chi connectivity index (χ4v) is 2.81. The van der Waals surface area contributed by atoms with Crippen LogP contribution in [-0.2, 0) is 19.6 Å². The van der Waals surface area contributed by atoms with Crippen LogP contribution in [0.5, 0.6) is 0 Å². The Morgan fingerprint density at radius 3 is 2.70 bits per heavy atom. The van der Waals surface area contributed by atoms with Gasteiger partial charge in [0.05, 0.1) is 17.3 Å². The monoisotopic (exact) mass is 325 g/mol. The number of rotatable bonds is 7. The molecular formula is C10H13ClFN3O4S. The number of hydrogen-bond donors (Lipinski definition) is 3. The first-order valence-corrected chi connectivity index (χ1v) is 7.20. The van der Waals surface area contributed by atoms with E-state index in [1.165, 1.54) is 0 Å². The standard InChI is InChI=1S/C10H13ClFN3O4S/c11-6-3-7(12)8(13)4-9(6)20(17,18)15-1-2-19-5-10(14)16/h3-4,15H,1-2,5,13H2,(H2,14,16). The summed E-state index contributed by atoms with van der Waals surface area (Å²) in [6, 6.07) is 1.74. The number of nitrogens with two attached hydrogens (primary N) is 2. The third-order valence-electron chi connectivity index (χ3n) is 2.12. The molecule has 20 heavy (non-hydrogen) atoms. The van der Waals surface area contributed by atoms with Crippen LogP contribution in [0.25, 0.3) is 0 Å². The minimum atomic E-state index is -3.96. The van der Waals surface area contributed by atoms with E-state index in [4.69, 9.17) is 27.8 Å². The van der Waals surface area contributed by atoms with Crippen molar-refractivity contribution in [1.29, 1.82) is 0 Å². The molecule has 0 atom stereocenters. The van der Waals surface area contributed by atoms with E-state index in [-0.39, 0.29) is 35.4 Å². The molecule has 0 saturated heterocycles. The van der Waals surface area contributed by atoms with E-state index in [2.05, 4.69) is 4.72 Å². The van der Waals surface area contributed by atoms with Gasteiger partial charge in [0.25, 0.3) is 0 Å². The second kappa shape index (κ2) is 6.84. The van der Waals surface area contributed by atoms with Gasteiger partial charge in [-0.25, -0.2) is 17.5 Å². The molecule has 0 aliphatic heterocycles. The number of primary amides is 1. The van der Waals surface area contributed by atoms with Gasteiger partial charge in [0, 0.05) is 6.54 Å². The van der Waals surface area contributed by atoms with Crippen molar-refractivity contribution in [2.75, 3.05) is 25.5 Å². The Morgan fingerprint density at radius 2 is 2.10 bits per heavy atom. The molecular weight excluding hydrogens is 313 g/mol. The minimum Gasteiger partial charge on any atom is -0.396 e. The Balaban J connectivity index is 2.70. The number of amides is 1. The van der Waals surface area contributed by atoms with Gasteiger partial charge >= 0.3 is 0 Å². The number of sulfonamides is 1. The third-order valence-corrected chi connectivity index (χ3v) is 4.05. The molecule has 0 radical (unpaired) electrons. The smallest absolute Gasteiger partial charge is 0.243 e. The number of carbonyl (C=O) groups excluding carboxylic acids is 1. The predicted octanol–water partition coefficient (Wildman–Crippen LogP) is -0.158. The van der Waals surface area contributed by atoms with Crippen molar-refractivity contribution >= 4 is 33.2 Å². The molecule has 0 fully saturated rings. The topological polar surface area (TPSA) is 125 Å². The maximum atomic E-state index is 13.1. The summed E-state index contributed by atoms with van der Waals surface area (Å²) >= 11 is 5.66. The number of nitrogen functional groups attached to an aromatic ring is 1. The lowest BCUT2D eigenvalue weighted by atomic mass is 10.3. The van der Waals surface area contributed by atoms with Gasteiger partial charge < -0.3 is 16.2 Å². The molecule has 0 aromatic heterocycles. The molecule has 1 rings (SSSR count). The second-order valence-electron chi connectivity index (χ2n) is 3.72. The molecule has 10 heteroatoms. The molecule has 7 nitrogen and oxygen atoms in total. The van der Waals surface area contributed by atoms with E-state index >= 15 is 0 Å². The van der Waals surface area contributed by atoms with Crippen molar-refractivity contribution in [3.63, 3.8) is 0 Å². The first-order chi connectivity index (χ1) is 9.24. The average Bonchev–Trinajstić information content (AvgIpc) is 2.32. The van der Waals surface area contributed by atoms with Crippen LogP contribution in [0.3, 0.4) is 0 Å². The van der Waals surface area contributed by atoms with Crippen LogP contribution < -0.4 is 16.2 Å². The maximum absolute atomic E-state index is 13.1. The molecule has 0 aliphatic rings. The Hall–Kier alpha value is -1.42. The Kier molecular flexibility index (Phi) is 5.69. The molecule has 0 spiro atoms. The van der Waals surface area contributed by atoms with E-state index in [9.17, 15) is 17.6 Å². The summed E-state index contributed by atoms with van der Waals surface area (Å²) in [4.78, 5) is 10.0. The number of halogens is 2. The number of benzene rings is 1. The van der Waals surface area contributed by atoms with Crippen LogP contribution in [0.1, 0.15) is 0 Å². The van der Waals surface area contributed by atoms with Crippen LogP contribution in [0.4, 0.5) is 10.1 Å². The highest BCUT2D eigenvalue weighted by atomic mass is 35.5. The molecule has 0 saturated carbocycles. The van der Waals surface area contributed by atoms with Crippen LogP contribution in [0.2, 0.25) is 5.02 Å². The van der Waals surface area contributed by atoms with Crippen LogP contribution in [-0.4, -0.2) is 34.1 Å². The summed E-state index contributed by atoms with van der Waals surface area (Å²) in [7, 11) is -3.96. The van der Waals surface area contributed by atoms with Crippen LogP contribution in [0, 0.1) is 5.82 Å². The lowest BCUT2D eigenvalue weighted by molar-refractivity contribution is -0.122.